The Morgan fingerprint density at radius 3 is 2.42 bits per heavy atom. The van der Waals surface area contributed by atoms with Crippen molar-refractivity contribution in [2.24, 2.45) is 5.73 Å². The molecule has 0 saturated heterocycles. The highest BCUT2D eigenvalue weighted by Crippen LogP contribution is 2.27. The smallest absolute Gasteiger partial charge is 0.280 e. The Hall–Kier alpha value is -3.39. The van der Waals surface area contributed by atoms with Crippen LogP contribution in [0.15, 0.2) is 77.6 Å². The first kappa shape index (κ1) is 25.7. The maximum atomic E-state index is 13.7. The van der Waals surface area contributed by atoms with E-state index in [0.29, 0.717) is 64.0 Å². The zero-order valence-electron chi connectivity index (χ0n) is 19.8. The Kier molecular flexibility index (Phi) is 8.25. The number of nitrogens with zero attached hydrogens (tertiary/aromatic N) is 3. The molecule has 186 valence electrons. The summed E-state index contributed by atoms with van der Waals surface area (Å²) < 4.78 is 1.42. The second kappa shape index (κ2) is 11.6. The van der Waals surface area contributed by atoms with Crippen LogP contribution in [0.2, 0.25) is 10.0 Å². The van der Waals surface area contributed by atoms with Gasteiger partial charge in [-0.15, -0.1) is 0 Å². The largest absolute Gasteiger partial charge is 0.330 e. The average molecular weight is 524 g/mol. The molecule has 0 saturated carbocycles. The number of nitrogens with one attached hydrogen (secondary N) is 1. The number of para-hydroxylation sites is 1. The van der Waals surface area contributed by atoms with Crippen molar-refractivity contribution in [1.82, 2.24) is 14.6 Å². The number of halogens is 2. The normalized spacial score (nSPS) is 11.9. The minimum atomic E-state index is -0.521. The van der Waals surface area contributed by atoms with E-state index in [0.717, 1.165) is 0 Å². The SMILES string of the molecule is CCC(c1nc2cc(Cl)ccc2c(=O)n1Nc1ccccc1)N(CCCN)C(=O)c1ccc(Cl)cc1. The molecular formula is C27H27Cl2N5O2. The van der Waals surface area contributed by atoms with Crippen LogP contribution in [0.1, 0.15) is 42.0 Å². The predicted octanol–water partition coefficient (Wildman–Crippen LogP) is 5.52. The van der Waals surface area contributed by atoms with Crippen LogP contribution in [0.5, 0.6) is 0 Å². The molecule has 4 rings (SSSR count). The van der Waals surface area contributed by atoms with Crippen molar-refractivity contribution >= 4 is 45.7 Å². The van der Waals surface area contributed by atoms with E-state index in [4.69, 9.17) is 33.9 Å². The molecular weight excluding hydrogens is 497 g/mol. The van der Waals surface area contributed by atoms with Crippen molar-refractivity contribution in [3.63, 3.8) is 0 Å². The highest BCUT2D eigenvalue weighted by atomic mass is 35.5. The fraction of sp³-hybridized carbons (Fsp3) is 0.222. The third kappa shape index (κ3) is 5.54. The molecule has 1 amide bonds. The second-order valence-corrected chi connectivity index (χ2v) is 9.19. The number of rotatable bonds is 9. The minimum Gasteiger partial charge on any atom is -0.330 e. The van der Waals surface area contributed by atoms with E-state index in [1.165, 1.54) is 4.68 Å². The van der Waals surface area contributed by atoms with Crippen LogP contribution in [-0.4, -0.2) is 33.6 Å². The van der Waals surface area contributed by atoms with Crippen molar-refractivity contribution < 1.29 is 4.79 Å². The Balaban J connectivity index is 1.89. The second-order valence-electron chi connectivity index (χ2n) is 8.32. The lowest BCUT2D eigenvalue weighted by atomic mass is 10.1. The van der Waals surface area contributed by atoms with E-state index < -0.39 is 6.04 Å². The van der Waals surface area contributed by atoms with E-state index in [-0.39, 0.29) is 11.5 Å². The third-order valence-electron chi connectivity index (χ3n) is 5.89. The van der Waals surface area contributed by atoms with Gasteiger partial charge in [0.05, 0.1) is 22.6 Å². The van der Waals surface area contributed by atoms with E-state index in [2.05, 4.69) is 5.43 Å². The number of benzene rings is 3. The van der Waals surface area contributed by atoms with Crippen LogP contribution in [0.25, 0.3) is 10.9 Å². The average Bonchev–Trinajstić information content (AvgIpc) is 2.89. The van der Waals surface area contributed by atoms with Crippen LogP contribution >= 0.6 is 23.2 Å². The predicted molar refractivity (Wildman–Crippen MR) is 146 cm³/mol. The van der Waals surface area contributed by atoms with E-state index in [9.17, 15) is 9.59 Å². The molecule has 0 bridgehead atoms. The first-order valence-electron chi connectivity index (χ1n) is 11.7. The molecule has 4 aromatic rings. The first-order valence-corrected chi connectivity index (χ1v) is 12.5. The van der Waals surface area contributed by atoms with Gasteiger partial charge in [-0.2, -0.15) is 0 Å². The quantitative estimate of drug-likeness (QED) is 0.301. The van der Waals surface area contributed by atoms with Gasteiger partial charge in [-0.05, 0) is 74.0 Å². The Morgan fingerprint density at radius 1 is 1.06 bits per heavy atom. The van der Waals surface area contributed by atoms with Crippen molar-refractivity contribution in [3.05, 3.63) is 105 Å². The van der Waals surface area contributed by atoms with E-state index >= 15 is 0 Å². The summed E-state index contributed by atoms with van der Waals surface area (Å²) in [5, 5.41) is 1.43. The number of anilines is 1. The molecule has 3 N–H and O–H groups in total. The van der Waals surface area contributed by atoms with Crippen molar-refractivity contribution in [1.29, 1.82) is 0 Å². The van der Waals surface area contributed by atoms with Gasteiger partial charge in [0.25, 0.3) is 11.5 Å². The summed E-state index contributed by atoms with van der Waals surface area (Å²) in [6.07, 6.45) is 1.10. The highest BCUT2D eigenvalue weighted by Gasteiger charge is 2.29. The van der Waals surface area contributed by atoms with E-state index in [1.807, 2.05) is 37.3 Å². The van der Waals surface area contributed by atoms with Crippen molar-refractivity contribution in [2.75, 3.05) is 18.5 Å². The fourth-order valence-electron chi connectivity index (χ4n) is 4.11. The van der Waals surface area contributed by atoms with Crippen molar-refractivity contribution in [3.8, 4) is 0 Å². The van der Waals surface area contributed by atoms with Gasteiger partial charge in [0.15, 0.2) is 5.82 Å². The standard InChI is InChI=1S/C27H27Cl2N5O2/c1-2-24(33(16-6-15-30)26(35)18-9-11-19(28)12-10-18)25-31-23-17-20(29)13-14-22(23)27(36)34(25)32-21-7-4-3-5-8-21/h3-5,7-14,17,24,32H,2,6,15-16,30H2,1H3. The maximum Gasteiger partial charge on any atom is 0.280 e. The summed E-state index contributed by atoms with van der Waals surface area (Å²) in [6, 6.07) is 20.5. The van der Waals surface area contributed by atoms with Gasteiger partial charge in [-0.25, -0.2) is 9.66 Å². The number of hydrogen-bond donors (Lipinski definition) is 2. The van der Waals surface area contributed by atoms with Gasteiger partial charge in [0.2, 0.25) is 0 Å². The number of hydrogen-bond acceptors (Lipinski definition) is 5. The zero-order chi connectivity index (χ0) is 25.7. The number of nitrogens with two attached hydrogens (primary N) is 1. The van der Waals surface area contributed by atoms with Gasteiger partial charge in [0, 0.05) is 22.2 Å². The van der Waals surface area contributed by atoms with Crippen LogP contribution < -0.4 is 16.7 Å². The highest BCUT2D eigenvalue weighted by molar-refractivity contribution is 6.31. The summed E-state index contributed by atoms with van der Waals surface area (Å²) in [6.45, 7) is 2.76. The van der Waals surface area contributed by atoms with Gasteiger partial charge in [-0.3, -0.25) is 15.0 Å². The zero-order valence-corrected chi connectivity index (χ0v) is 21.3. The minimum absolute atomic E-state index is 0.196. The molecule has 1 atom stereocenters. The van der Waals surface area contributed by atoms with E-state index in [1.54, 1.807) is 47.4 Å². The summed E-state index contributed by atoms with van der Waals surface area (Å²) in [5.41, 5.74) is 10.4. The van der Waals surface area contributed by atoms with Crippen LogP contribution in [0.4, 0.5) is 5.69 Å². The molecule has 0 radical (unpaired) electrons. The molecule has 0 aliphatic carbocycles. The lowest BCUT2D eigenvalue weighted by molar-refractivity contribution is 0.0657. The topological polar surface area (TPSA) is 93.2 Å². The van der Waals surface area contributed by atoms with Crippen LogP contribution in [0.3, 0.4) is 0 Å². The number of amides is 1. The molecule has 0 aliphatic heterocycles. The maximum absolute atomic E-state index is 13.7. The number of carbonyl (C=O) groups is 1. The summed E-state index contributed by atoms with van der Waals surface area (Å²) in [5.74, 6) is 0.208. The van der Waals surface area contributed by atoms with Gasteiger partial charge >= 0.3 is 0 Å². The summed E-state index contributed by atoms with van der Waals surface area (Å²) in [4.78, 5) is 33.9. The molecule has 0 aliphatic rings. The number of aromatic nitrogens is 2. The molecule has 1 aromatic heterocycles. The third-order valence-corrected chi connectivity index (χ3v) is 6.38. The van der Waals surface area contributed by atoms with Gasteiger partial charge in [-0.1, -0.05) is 48.3 Å². The molecule has 9 heteroatoms. The summed E-state index contributed by atoms with van der Waals surface area (Å²) in [7, 11) is 0. The Morgan fingerprint density at radius 2 is 1.75 bits per heavy atom. The lowest BCUT2D eigenvalue weighted by Gasteiger charge is -2.32. The molecule has 1 heterocycles. The molecule has 0 spiro atoms. The Labute approximate surface area is 219 Å². The number of carbonyl (C=O) groups excluding carboxylic acids is 1. The van der Waals surface area contributed by atoms with Crippen LogP contribution in [0, 0.1) is 0 Å². The summed E-state index contributed by atoms with van der Waals surface area (Å²) >= 11 is 12.3. The lowest BCUT2D eigenvalue weighted by Crippen LogP contribution is -2.41. The molecule has 3 aromatic carbocycles. The molecule has 36 heavy (non-hydrogen) atoms. The Bertz CT molecular complexity index is 1410. The van der Waals surface area contributed by atoms with Crippen LogP contribution in [-0.2, 0) is 0 Å². The van der Waals surface area contributed by atoms with Gasteiger partial charge in [0.1, 0.15) is 0 Å². The molecule has 7 nitrogen and oxygen atoms in total. The molecule has 1 unspecified atom stereocenters. The molecule has 0 fully saturated rings. The fourth-order valence-corrected chi connectivity index (χ4v) is 4.40. The monoisotopic (exact) mass is 523 g/mol. The first-order chi connectivity index (χ1) is 17.4. The van der Waals surface area contributed by atoms with Crippen molar-refractivity contribution in [2.45, 2.75) is 25.8 Å². The van der Waals surface area contributed by atoms with Gasteiger partial charge < -0.3 is 10.6 Å². The number of fused-ring (bicyclic) bond motifs is 1.